The van der Waals surface area contributed by atoms with E-state index in [-0.39, 0.29) is 16.8 Å². The quantitative estimate of drug-likeness (QED) is 0.750. The van der Waals surface area contributed by atoms with E-state index in [1.54, 1.807) is 12.1 Å². The van der Waals surface area contributed by atoms with Gasteiger partial charge in [0.2, 0.25) is 0 Å². The van der Waals surface area contributed by atoms with Crippen LogP contribution in [-0.4, -0.2) is 52.7 Å². The lowest BCUT2D eigenvalue weighted by Crippen LogP contribution is -2.34. The fourth-order valence-corrected chi connectivity index (χ4v) is 3.38. The summed E-state index contributed by atoms with van der Waals surface area (Å²) in [6, 6.07) is 13.8. The molecule has 0 aliphatic heterocycles. The van der Waals surface area contributed by atoms with E-state index in [1.807, 2.05) is 50.2 Å². The fourth-order valence-electron chi connectivity index (χ4n) is 2.71. The van der Waals surface area contributed by atoms with Crippen LogP contribution in [0.5, 0.6) is 5.75 Å². The standard InChI is InChI=1S/C20H26N2O4S/c1-5-26-17-11-9-15(10-12-17)19(22(2)3)14-21-20(23)16-7-6-8-18(13-16)27(4,24)25/h6-13,19H,5,14H2,1-4H3,(H,21,23). The Morgan fingerprint density at radius 2 is 1.81 bits per heavy atom. The van der Waals surface area contributed by atoms with Gasteiger partial charge in [-0.3, -0.25) is 4.79 Å². The molecule has 2 aromatic rings. The van der Waals surface area contributed by atoms with Gasteiger partial charge in [-0.1, -0.05) is 18.2 Å². The summed E-state index contributed by atoms with van der Waals surface area (Å²) in [7, 11) is 0.529. The molecule has 0 aliphatic rings. The number of carbonyl (C=O) groups excluding carboxylic acids is 1. The van der Waals surface area contributed by atoms with Crippen LogP contribution in [-0.2, 0) is 9.84 Å². The van der Waals surface area contributed by atoms with Gasteiger partial charge in [-0.05, 0) is 56.9 Å². The molecule has 2 aromatic carbocycles. The molecular weight excluding hydrogens is 364 g/mol. The Bertz CT molecular complexity index is 877. The van der Waals surface area contributed by atoms with Gasteiger partial charge in [-0.25, -0.2) is 8.42 Å². The molecule has 0 radical (unpaired) electrons. The minimum Gasteiger partial charge on any atom is -0.494 e. The van der Waals surface area contributed by atoms with E-state index >= 15 is 0 Å². The van der Waals surface area contributed by atoms with Crippen molar-refractivity contribution < 1.29 is 17.9 Å². The van der Waals surface area contributed by atoms with Crippen molar-refractivity contribution in [2.75, 3.05) is 33.5 Å². The van der Waals surface area contributed by atoms with Crippen LogP contribution in [0.25, 0.3) is 0 Å². The van der Waals surface area contributed by atoms with Crippen LogP contribution >= 0.6 is 0 Å². The lowest BCUT2D eigenvalue weighted by Gasteiger charge is -2.25. The highest BCUT2D eigenvalue weighted by atomic mass is 32.2. The first kappa shape index (κ1) is 20.9. The number of hydrogen-bond donors (Lipinski definition) is 1. The van der Waals surface area contributed by atoms with E-state index in [2.05, 4.69) is 5.32 Å². The lowest BCUT2D eigenvalue weighted by molar-refractivity contribution is 0.0941. The number of amides is 1. The van der Waals surface area contributed by atoms with E-state index in [9.17, 15) is 13.2 Å². The minimum absolute atomic E-state index is 0.0253. The zero-order valence-electron chi connectivity index (χ0n) is 16.1. The van der Waals surface area contributed by atoms with Crippen molar-refractivity contribution in [1.29, 1.82) is 0 Å². The summed E-state index contributed by atoms with van der Waals surface area (Å²) in [5.74, 6) is 0.499. The van der Waals surface area contributed by atoms with Gasteiger partial charge in [0.25, 0.3) is 5.91 Å². The van der Waals surface area contributed by atoms with Gasteiger partial charge in [-0.2, -0.15) is 0 Å². The number of nitrogens with zero attached hydrogens (tertiary/aromatic N) is 1. The summed E-state index contributed by atoms with van der Waals surface area (Å²) < 4.78 is 28.8. The third kappa shape index (κ3) is 5.80. The summed E-state index contributed by atoms with van der Waals surface area (Å²) in [5, 5.41) is 2.89. The molecule has 0 bridgehead atoms. The van der Waals surface area contributed by atoms with Crippen LogP contribution in [0.15, 0.2) is 53.4 Å². The van der Waals surface area contributed by atoms with E-state index in [1.165, 1.54) is 12.1 Å². The van der Waals surface area contributed by atoms with E-state index in [4.69, 9.17) is 4.74 Å². The number of hydrogen-bond acceptors (Lipinski definition) is 5. The molecule has 6 nitrogen and oxygen atoms in total. The van der Waals surface area contributed by atoms with Gasteiger partial charge in [-0.15, -0.1) is 0 Å². The number of likely N-dealkylation sites (N-methyl/N-ethyl adjacent to an activating group) is 1. The lowest BCUT2D eigenvalue weighted by atomic mass is 10.1. The van der Waals surface area contributed by atoms with Crippen molar-refractivity contribution >= 4 is 15.7 Å². The second-order valence-corrected chi connectivity index (χ2v) is 8.51. The second kappa shape index (κ2) is 9.01. The number of ether oxygens (including phenoxy) is 1. The molecular formula is C20H26N2O4S. The molecule has 0 saturated heterocycles. The highest BCUT2D eigenvalue weighted by Crippen LogP contribution is 2.21. The highest BCUT2D eigenvalue weighted by Gasteiger charge is 2.17. The van der Waals surface area contributed by atoms with E-state index in [0.717, 1.165) is 17.6 Å². The maximum Gasteiger partial charge on any atom is 0.251 e. The molecule has 1 amide bonds. The molecule has 0 fully saturated rings. The van der Waals surface area contributed by atoms with Crippen LogP contribution in [0.1, 0.15) is 28.9 Å². The van der Waals surface area contributed by atoms with Gasteiger partial charge >= 0.3 is 0 Å². The zero-order valence-corrected chi connectivity index (χ0v) is 16.9. The van der Waals surface area contributed by atoms with Crippen molar-refractivity contribution in [3.8, 4) is 5.75 Å². The van der Waals surface area contributed by atoms with Crippen molar-refractivity contribution in [3.63, 3.8) is 0 Å². The molecule has 0 spiro atoms. The van der Waals surface area contributed by atoms with Crippen LogP contribution in [0.2, 0.25) is 0 Å². The molecule has 146 valence electrons. The number of carbonyl (C=O) groups is 1. The number of sulfone groups is 1. The van der Waals surface area contributed by atoms with Crippen molar-refractivity contribution in [2.45, 2.75) is 17.9 Å². The summed E-state index contributed by atoms with van der Waals surface area (Å²) in [6.07, 6.45) is 1.12. The third-order valence-electron chi connectivity index (χ3n) is 4.18. The van der Waals surface area contributed by atoms with Crippen molar-refractivity contribution in [1.82, 2.24) is 10.2 Å². The highest BCUT2D eigenvalue weighted by molar-refractivity contribution is 7.90. The molecule has 7 heteroatoms. The monoisotopic (exact) mass is 390 g/mol. The molecule has 0 aliphatic carbocycles. The van der Waals surface area contributed by atoms with Gasteiger partial charge in [0.1, 0.15) is 5.75 Å². The Morgan fingerprint density at radius 1 is 1.15 bits per heavy atom. The minimum atomic E-state index is -3.36. The number of nitrogens with one attached hydrogen (secondary N) is 1. The zero-order chi connectivity index (χ0) is 20.0. The predicted molar refractivity (Wildman–Crippen MR) is 106 cm³/mol. The molecule has 0 saturated carbocycles. The van der Waals surface area contributed by atoms with Crippen molar-refractivity contribution in [3.05, 3.63) is 59.7 Å². The Hall–Kier alpha value is -2.38. The van der Waals surface area contributed by atoms with Gasteiger partial charge < -0.3 is 15.0 Å². The summed E-state index contributed by atoms with van der Waals surface area (Å²) in [4.78, 5) is 14.6. The van der Waals surface area contributed by atoms with Crippen molar-refractivity contribution in [2.24, 2.45) is 0 Å². The molecule has 1 unspecified atom stereocenters. The van der Waals surface area contributed by atoms with E-state index < -0.39 is 9.84 Å². The molecule has 1 N–H and O–H groups in total. The average Bonchev–Trinajstić information content (AvgIpc) is 2.62. The number of benzene rings is 2. The Labute approximate surface area is 161 Å². The van der Waals surface area contributed by atoms with Crippen LogP contribution in [0, 0.1) is 0 Å². The normalized spacial score (nSPS) is 12.6. The molecule has 0 heterocycles. The van der Waals surface area contributed by atoms with Crippen LogP contribution in [0.3, 0.4) is 0 Å². The molecule has 1 atom stereocenters. The maximum atomic E-state index is 12.5. The molecule has 0 aromatic heterocycles. The van der Waals surface area contributed by atoms with Gasteiger partial charge in [0.15, 0.2) is 9.84 Å². The first-order valence-corrected chi connectivity index (χ1v) is 10.6. The topological polar surface area (TPSA) is 75.7 Å². The van der Waals surface area contributed by atoms with E-state index in [0.29, 0.717) is 18.7 Å². The Kier molecular flexibility index (Phi) is 6.98. The Balaban J connectivity index is 2.10. The SMILES string of the molecule is CCOc1ccc(C(CNC(=O)c2cccc(S(C)(=O)=O)c2)N(C)C)cc1. The van der Waals surface area contributed by atoms with Gasteiger partial charge in [0.05, 0.1) is 17.5 Å². The van der Waals surface area contributed by atoms with Gasteiger partial charge in [0, 0.05) is 18.4 Å². The predicted octanol–water partition coefficient (Wildman–Crippen LogP) is 2.52. The summed E-state index contributed by atoms with van der Waals surface area (Å²) in [5.41, 5.74) is 1.37. The smallest absolute Gasteiger partial charge is 0.251 e. The third-order valence-corrected chi connectivity index (χ3v) is 5.29. The van der Waals surface area contributed by atoms with Crippen LogP contribution in [0.4, 0.5) is 0 Å². The second-order valence-electron chi connectivity index (χ2n) is 6.49. The average molecular weight is 391 g/mol. The fraction of sp³-hybridized carbons (Fsp3) is 0.350. The molecule has 27 heavy (non-hydrogen) atoms. The first-order valence-electron chi connectivity index (χ1n) is 8.70. The Morgan fingerprint density at radius 3 is 2.37 bits per heavy atom. The number of rotatable bonds is 8. The first-order chi connectivity index (χ1) is 12.7. The van der Waals surface area contributed by atoms with Crippen LogP contribution < -0.4 is 10.1 Å². The molecule has 2 rings (SSSR count). The summed E-state index contributed by atoms with van der Waals surface area (Å²) in [6.45, 7) is 2.94. The summed E-state index contributed by atoms with van der Waals surface area (Å²) >= 11 is 0. The largest absolute Gasteiger partial charge is 0.494 e. The maximum absolute atomic E-state index is 12.5.